The predicted octanol–water partition coefficient (Wildman–Crippen LogP) is 3.07. The predicted molar refractivity (Wildman–Crippen MR) is 63.2 cm³/mol. The van der Waals surface area contributed by atoms with Crippen LogP contribution in [0.3, 0.4) is 0 Å². The molecule has 0 bridgehead atoms. The van der Waals surface area contributed by atoms with Crippen LogP contribution in [0.25, 0.3) is 0 Å². The van der Waals surface area contributed by atoms with Gasteiger partial charge in [-0.1, -0.05) is 11.6 Å². The van der Waals surface area contributed by atoms with E-state index >= 15 is 0 Å². The Labute approximate surface area is 99.1 Å². The van der Waals surface area contributed by atoms with Gasteiger partial charge in [0.15, 0.2) is 0 Å². The van der Waals surface area contributed by atoms with E-state index in [2.05, 4.69) is 10.3 Å². The van der Waals surface area contributed by atoms with E-state index in [0.717, 1.165) is 33.8 Å². The average molecular weight is 243 g/mol. The van der Waals surface area contributed by atoms with Crippen molar-refractivity contribution in [3.63, 3.8) is 0 Å². The van der Waals surface area contributed by atoms with E-state index in [-0.39, 0.29) is 0 Å². The average Bonchev–Trinajstić information content (AvgIpc) is 3.09. The Kier molecular flexibility index (Phi) is 2.71. The van der Waals surface area contributed by atoms with Gasteiger partial charge in [-0.05, 0) is 37.5 Å². The van der Waals surface area contributed by atoms with Crippen LogP contribution in [0.2, 0.25) is 4.34 Å². The van der Waals surface area contributed by atoms with Crippen LogP contribution in [0.15, 0.2) is 6.20 Å². The summed E-state index contributed by atoms with van der Waals surface area (Å²) in [5.41, 5.74) is 0. The van der Waals surface area contributed by atoms with Crippen molar-refractivity contribution in [2.24, 2.45) is 11.8 Å². The lowest BCUT2D eigenvalue weighted by atomic mass is 10.1. The maximum absolute atomic E-state index is 5.85. The summed E-state index contributed by atoms with van der Waals surface area (Å²) < 4.78 is 0.793. The van der Waals surface area contributed by atoms with Gasteiger partial charge in [0, 0.05) is 12.6 Å². The van der Waals surface area contributed by atoms with Crippen molar-refractivity contribution >= 4 is 22.9 Å². The van der Waals surface area contributed by atoms with Crippen molar-refractivity contribution in [2.45, 2.75) is 38.3 Å². The van der Waals surface area contributed by atoms with Crippen LogP contribution < -0.4 is 5.32 Å². The Morgan fingerprint density at radius 1 is 1.40 bits per heavy atom. The summed E-state index contributed by atoms with van der Waals surface area (Å²) in [5, 5.41) is 4.78. The summed E-state index contributed by atoms with van der Waals surface area (Å²) in [6, 6.07) is 0.757. The summed E-state index contributed by atoms with van der Waals surface area (Å²) in [6.07, 6.45) is 7.44. The van der Waals surface area contributed by atoms with E-state index in [4.69, 9.17) is 11.6 Å². The lowest BCUT2D eigenvalue weighted by Gasteiger charge is -2.16. The highest BCUT2D eigenvalue weighted by Crippen LogP contribution is 2.44. The van der Waals surface area contributed by atoms with Crippen molar-refractivity contribution in [1.82, 2.24) is 10.3 Å². The second-order valence-electron chi connectivity index (χ2n) is 4.64. The number of halogens is 1. The first-order valence-electron chi connectivity index (χ1n) is 5.66. The molecule has 2 aliphatic rings. The number of rotatable bonds is 5. The van der Waals surface area contributed by atoms with Gasteiger partial charge in [0.2, 0.25) is 0 Å². The molecule has 4 heteroatoms. The highest BCUT2D eigenvalue weighted by Gasteiger charge is 2.40. The molecule has 0 atom stereocenters. The third-order valence-electron chi connectivity index (χ3n) is 3.27. The second kappa shape index (κ2) is 4.04. The molecule has 2 aliphatic carbocycles. The molecule has 82 valence electrons. The molecule has 0 saturated heterocycles. The largest absolute Gasteiger partial charge is 0.307 e. The SMILES string of the molecule is Clc1cnc(CNC(C2CC2)C2CC2)s1. The number of nitrogens with one attached hydrogen (secondary N) is 1. The quantitative estimate of drug-likeness (QED) is 0.859. The molecule has 2 saturated carbocycles. The fraction of sp³-hybridized carbons (Fsp3) is 0.727. The Bertz CT molecular complexity index is 332. The van der Waals surface area contributed by atoms with Crippen molar-refractivity contribution in [3.8, 4) is 0 Å². The van der Waals surface area contributed by atoms with Gasteiger partial charge in [0.1, 0.15) is 9.34 Å². The summed E-state index contributed by atoms with van der Waals surface area (Å²) in [7, 11) is 0. The van der Waals surface area contributed by atoms with Gasteiger partial charge in [0.05, 0.1) is 6.20 Å². The summed E-state index contributed by atoms with van der Waals surface area (Å²) >= 11 is 7.44. The van der Waals surface area contributed by atoms with Crippen molar-refractivity contribution in [2.75, 3.05) is 0 Å². The minimum Gasteiger partial charge on any atom is -0.307 e. The highest BCUT2D eigenvalue weighted by atomic mass is 35.5. The molecule has 1 aromatic heterocycles. The molecule has 0 aromatic carbocycles. The summed E-state index contributed by atoms with van der Waals surface area (Å²) in [6.45, 7) is 0.898. The molecule has 2 fully saturated rings. The molecule has 1 aromatic rings. The van der Waals surface area contributed by atoms with Crippen LogP contribution in [0, 0.1) is 11.8 Å². The number of thiazole rings is 1. The summed E-state index contributed by atoms with van der Waals surface area (Å²) in [4.78, 5) is 4.27. The molecule has 0 aliphatic heterocycles. The normalized spacial score (nSPS) is 21.2. The van der Waals surface area contributed by atoms with Crippen LogP contribution in [0.5, 0.6) is 0 Å². The van der Waals surface area contributed by atoms with Crippen LogP contribution >= 0.6 is 22.9 Å². The van der Waals surface area contributed by atoms with Crippen molar-refractivity contribution in [1.29, 1.82) is 0 Å². The second-order valence-corrected chi connectivity index (χ2v) is 6.39. The molecular formula is C11H15ClN2S. The smallest absolute Gasteiger partial charge is 0.113 e. The summed E-state index contributed by atoms with van der Waals surface area (Å²) in [5.74, 6) is 1.90. The molecule has 0 radical (unpaired) electrons. The van der Waals surface area contributed by atoms with E-state index in [1.165, 1.54) is 25.7 Å². The van der Waals surface area contributed by atoms with Crippen LogP contribution in [0.4, 0.5) is 0 Å². The van der Waals surface area contributed by atoms with E-state index < -0.39 is 0 Å². The molecule has 0 spiro atoms. The zero-order chi connectivity index (χ0) is 10.3. The van der Waals surface area contributed by atoms with E-state index in [1.54, 1.807) is 17.5 Å². The third-order valence-corrected chi connectivity index (χ3v) is 4.39. The zero-order valence-electron chi connectivity index (χ0n) is 8.58. The zero-order valence-corrected chi connectivity index (χ0v) is 10.2. The molecule has 1 N–H and O–H groups in total. The van der Waals surface area contributed by atoms with Crippen molar-refractivity contribution < 1.29 is 0 Å². The minimum atomic E-state index is 0.757. The topological polar surface area (TPSA) is 24.9 Å². The Hall–Kier alpha value is -0.120. The van der Waals surface area contributed by atoms with Crippen LogP contribution in [-0.2, 0) is 6.54 Å². The number of aromatic nitrogens is 1. The molecule has 15 heavy (non-hydrogen) atoms. The lowest BCUT2D eigenvalue weighted by molar-refractivity contribution is 0.415. The van der Waals surface area contributed by atoms with Gasteiger partial charge in [-0.3, -0.25) is 0 Å². The fourth-order valence-corrected chi connectivity index (χ4v) is 3.11. The first-order chi connectivity index (χ1) is 7.33. The van der Waals surface area contributed by atoms with Gasteiger partial charge < -0.3 is 5.32 Å². The molecule has 0 amide bonds. The molecular weight excluding hydrogens is 228 g/mol. The standard InChI is InChI=1S/C11H15ClN2S/c12-9-5-13-10(15-9)6-14-11(7-1-2-7)8-3-4-8/h5,7-8,11,14H,1-4,6H2. The number of hydrogen-bond acceptors (Lipinski definition) is 3. The molecule has 2 nitrogen and oxygen atoms in total. The Balaban J connectivity index is 1.55. The van der Waals surface area contributed by atoms with Gasteiger partial charge in [-0.25, -0.2) is 4.98 Å². The van der Waals surface area contributed by atoms with E-state index in [0.29, 0.717) is 0 Å². The molecule has 1 heterocycles. The monoisotopic (exact) mass is 242 g/mol. The fourth-order valence-electron chi connectivity index (χ4n) is 2.20. The third kappa shape index (κ3) is 2.52. The van der Waals surface area contributed by atoms with Gasteiger partial charge in [-0.15, -0.1) is 11.3 Å². The number of hydrogen-bond donors (Lipinski definition) is 1. The van der Waals surface area contributed by atoms with E-state index in [9.17, 15) is 0 Å². The van der Waals surface area contributed by atoms with Crippen LogP contribution in [0.1, 0.15) is 30.7 Å². The molecule has 3 rings (SSSR count). The van der Waals surface area contributed by atoms with Gasteiger partial charge >= 0.3 is 0 Å². The van der Waals surface area contributed by atoms with Crippen molar-refractivity contribution in [3.05, 3.63) is 15.5 Å². The van der Waals surface area contributed by atoms with Crippen LogP contribution in [-0.4, -0.2) is 11.0 Å². The lowest BCUT2D eigenvalue weighted by Crippen LogP contribution is -2.32. The highest BCUT2D eigenvalue weighted by molar-refractivity contribution is 7.15. The maximum atomic E-state index is 5.85. The number of nitrogens with zero attached hydrogens (tertiary/aromatic N) is 1. The van der Waals surface area contributed by atoms with Gasteiger partial charge in [-0.2, -0.15) is 0 Å². The first-order valence-corrected chi connectivity index (χ1v) is 6.86. The van der Waals surface area contributed by atoms with E-state index in [1.807, 2.05) is 0 Å². The van der Waals surface area contributed by atoms with Gasteiger partial charge in [0.25, 0.3) is 0 Å². The Morgan fingerprint density at radius 3 is 2.53 bits per heavy atom. The Morgan fingerprint density at radius 2 is 2.07 bits per heavy atom. The maximum Gasteiger partial charge on any atom is 0.113 e. The first kappa shape index (κ1) is 10.1. The molecule has 0 unspecified atom stereocenters. The minimum absolute atomic E-state index is 0.757.